The minimum Gasteiger partial charge on any atom is -0.259 e. The van der Waals surface area contributed by atoms with E-state index >= 15 is 0 Å². The quantitative estimate of drug-likeness (QED) is 0.303. The first-order valence-electron chi connectivity index (χ1n) is 3.27. The van der Waals surface area contributed by atoms with Crippen molar-refractivity contribution in [1.29, 1.82) is 0 Å². The van der Waals surface area contributed by atoms with Crippen molar-refractivity contribution in [3.8, 4) is 0 Å². The fourth-order valence-electron chi connectivity index (χ4n) is 0.898. The maximum absolute atomic E-state index is 10.6. The minimum absolute atomic E-state index is 0.107. The summed E-state index contributed by atoms with van der Waals surface area (Å²) in [5.74, 6) is 0. The molecule has 0 aliphatic heterocycles. The molecule has 0 saturated carbocycles. The van der Waals surface area contributed by atoms with Crippen LogP contribution in [0.25, 0.3) is 0 Å². The SMILES string of the molecule is O=[N+]([O-])C1=CC=C(Cl)C(=S(=O)=O)C1Cl. The minimum atomic E-state index is -2.66. The van der Waals surface area contributed by atoms with E-state index in [0.717, 1.165) is 12.2 Å². The van der Waals surface area contributed by atoms with Crippen molar-refractivity contribution in [1.82, 2.24) is 0 Å². The van der Waals surface area contributed by atoms with Crippen LogP contribution in [0.2, 0.25) is 0 Å². The number of alkyl halides is 1. The number of allylic oxidation sites excluding steroid dienone is 4. The van der Waals surface area contributed by atoms with E-state index in [2.05, 4.69) is 0 Å². The maximum atomic E-state index is 10.6. The highest BCUT2D eigenvalue weighted by Gasteiger charge is 2.32. The van der Waals surface area contributed by atoms with Gasteiger partial charge in [0.05, 0.1) is 9.96 Å². The van der Waals surface area contributed by atoms with Crippen molar-refractivity contribution >= 4 is 38.4 Å². The van der Waals surface area contributed by atoms with Crippen molar-refractivity contribution in [2.75, 3.05) is 0 Å². The zero-order valence-corrected chi connectivity index (χ0v) is 8.80. The van der Waals surface area contributed by atoms with Crippen LogP contribution in [0.15, 0.2) is 22.9 Å². The van der Waals surface area contributed by atoms with Gasteiger partial charge in [0.1, 0.15) is 4.86 Å². The summed E-state index contributed by atoms with van der Waals surface area (Å²) in [6.07, 6.45) is 2.21. The predicted octanol–water partition coefficient (Wildman–Crippen LogP) is 0.942. The van der Waals surface area contributed by atoms with Gasteiger partial charge < -0.3 is 0 Å². The summed E-state index contributed by atoms with van der Waals surface area (Å²) in [4.78, 5) is 9.29. The Kier molecular flexibility index (Phi) is 3.30. The lowest BCUT2D eigenvalue weighted by Gasteiger charge is -2.10. The molecule has 0 heterocycles. The summed E-state index contributed by atoms with van der Waals surface area (Å²) in [5.41, 5.74) is -0.407. The van der Waals surface area contributed by atoms with Crippen LogP contribution in [0, 0.1) is 10.1 Å². The van der Waals surface area contributed by atoms with E-state index in [1.807, 2.05) is 0 Å². The van der Waals surface area contributed by atoms with Crippen molar-refractivity contribution in [2.45, 2.75) is 5.38 Å². The number of hydrogen-bond donors (Lipinski definition) is 0. The van der Waals surface area contributed by atoms with E-state index in [4.69, 9.17) is 23.2 Å². The first-order valence-corrected chi connectivity index (χ1v) is 5.16. The largest absolute Gasteiger partial charge is 0.269 e. The Bertz CT molecular complexity index is 468. The van der Waals surface area contributed by atoms with E-state index in [9.17, 15) is 18.5 Å². The van der Waals surface area contributed by atoms with Crippen molar-refractivity contribution in [2.24, 2.45) is 0 Å². The van der Waals surface area contributed by atoms with Crippen LogP contribution in [0.5, 0.6) is 0 Å². The van der Waals surface area contributed by atoms with Gasteiger partial charge in [-0.05, 0) is 6.08 Å². The molecule has 76 valence electrons. The molecule has 0 saturated heterocycles. The predicted molar refractivity (Wildman–Crippen MR) is 52.6 cm³/mol. The van der Waals surface area contributed by atoms with Gasteiger partial charge in [-0.1, -0.05) is 11.6 Å². The smallest absolute Gasteiger partial charge is 0.259 e. The summed E-state index contributed by atoms with van der Waals surface area (Å²) in [7, 11) is -2.66. The second-order valence-corrected chi connectivity index (χ2v) is 4.08. The van der Waals surface area contributed by atoms with Gasteiger partial charge in [0.25, 0.3) is 5.70 Å². The van der Waals surface area contributed by atoms with E-state index in [-0.39, 0.29) is 9.90 Å². The normalized spacial score (nSPS) is 21.3. The van der Waals surface area contributed by atoms with Crippen LogP contribution in [0.4, 0.5) is 0 Å². The van der Waals surface area contributed by atoms with Gasteiger partial charge in [-0.3, -0.25) is 10.1 Å². The Balaban J connectivity index is 3.36. The molecule has 1 unspecified atom stereocenters. The molecule has 1 aliphatic rings. The molecule has 1 rings (SSSR count). The van der Waals surface area contributed by atoms with Crippen LogP contribution >= 0.6 is 23.2 Å². The molecular weight excluding hydrogens is 253 g/mol. The highest BCUT2D eigenvalue weighted by Crippen LogP contribution is 2.23. The first kappa shape index (κ1) is 11.2. The monoisotopic (exact) mass is 255 g/mol. The topological polar surface area (TPSA) is 77.3 Å². The summed E-state index contributed by atoms with van der Waals surface area (Å²) >= 11 is 11.1. The van der Waals surface area contributed by atoms with Gasteiger partial charge in [-0.25, -0.2) is 0 Å². The van der Waals surface area contributed by atoms with E-state index in [0.29, 0.717) is 0 Å². The molecule has 0 aromatic rings. The van der Waals surface area contributed by atoms with Gasteiger partial charge in [-0.2, -0.15) is 8.42 Å². The Morgan fingerprint density at radius 1 is 1.43 bits per heavy atom. The average Bonchev–Trinajstić information content (AvgIpc) is 2.02. The van der Waals surface area contributed by atoms with Gasteiger partial charge in [0.15, 0.2) is 5.38 Å². The van der Waals surface area contributed by atoms with Crippen LogP contribution in [0.3, 0.4) is 0 Å². The molecule has 14 heavy (non-hydrogen) atoms. The Hall–Kier alpha value is -0.850. The second-order valence-electron chi connectivity index (χ2n) is 2.32. The summed E-state index contributed by atoms with van der Waals surface area (Å²) in [6.45, 7) is 0. The molecule has 0 aromatic heterocycles. The molecule has 0 N–H and O–H groups in total. The zero-order chi connectivity index (χ0) is 10.9. The third kappa shape index (κ3) is 1.97. The third-order valence-electron chi connectivity index (χ3n) is 1.52. The molecule has 1 atom stereocenters. The van der Waals surface area contributed by atoms with Gasteiger partial charge in [-0.15, -0.1) is 11.6 Å². The lowest BCUT2D eigenvalue weighted by Crippen LogP contribution is -2.25. The molecule has 0 aromatic carbocycles. The summed E-state index contributed by atoms with van der Waals surface area (Å²) < 4.78 is 21.3. The maximum Gasteiger partial charge on any atom is 0.269 e. The van der Waals surface area contributed by atoms with E-state index in [1.54, 1.807) is 0 Å². The first-order chi connectivity index (χ1) is 6.45. The fraction of sp³-hybridized carbons (Fsp3) is 0.167. The van der Waals surface area contributed by atoms with Crippen LogP contribution in [-0.4, -0.2) is 23.6 Å². The van der Waals surface area contributed by atoms with Gasteiger partial charge in [0, 0.05) is 6.08 Å². The highest BCUT2D eigenvalue weighted by molar-refractivity contribution is 7.74. The highest BCUT2D eigenvalue weighted by atomic mass is 35.5. The third-order valence-corrected chi connectivity index (χ3v) is 3.34. The molecule has 1 aliphatic carbocycles. The number of rotatable bonds is 1. The number of halogens is 2. The summed E-state index contributed by atoms with van der Waals surface area (Å²) in [6, 6.07) is 0. The average molecular weight is 256 g/mol. The Morgan fingerprint density at radius 2 is 2.00 bits per heavy atom. The molecule has 0 fully saturated rings. The number of nitro groups is 1. The van der Waals surface area contributed by atoms with Crippen molar-refractivity contribution in [3.05, 3.63) is 33.0 Å². The van der Waals surface area contributed by atoms with Crippen LogP contribution in [-0.2, 0) is 10.3 Å². The van der Waals surface area contributed by atoms with E-state index < -0.39 is 26.3 Å². The Morgan fingerprint density at radius 3 is 2.43 bits per heavy atom. The molecular formula is C6H3Cl2NO4S. The lowest BCUT2D eigenvalue weighted by molar-refractivity contribution is -0.425. The summed E-state index contributed by atoms with van der Waals surface area (Å²) in [5, 5.41) is 8.97. The van der Waals surface area contributed by atoms with Crippen LogP contribution in [0.1, 0.15) is 0 Å². The standard InChI is InChI=1S/C6H3Cl2NO4S/c7-3-1-2-4(9(10)11)5(8)6(3)14(12)13/h1-2,5H. The molecule has 8 heteroatoms. The Labute approximate surface area is 90.3 Å². The molecule has 5 nitrogen and oxygen atoms in total. The molecule has 0 spiro atoms. The van der Waals surface area contributed by atoms with Gasteiger partial charge >= 0.3 is 0 Å². The molecule has 0 amide bonds. The van der Waals surface area contributed by atoms with Gasteiger partial charge in [0.2, 0.25) is 10.3 Å². The van der Waals surface area contributed by atoms with E-state index in [1.165, 1.54) is 0 Å². The number of hydrogen-bond acceptors (Lipinski definition) is 4. The number of nitrogens with zero attached hydrogens (tertiary/aromatic N) is 1. The zero-order valence-electron chi connectivity index (χ0n) is 6.48. The lowest BCUT2D eigenvalue weighted by atomic mass is 10.1. The fourth-order valence-corrected chi connectivity index (χ4v) is 2.32. The van der Waals surface area contributed by atoms with Crippen molar-refractivity contribution in [3.63, 3.8) is 0 Å². The second kappa shape index (κ2) is 4.12. The van der Waals surface area contributed by atoms with Crippen LogP contribution < -0.4 is 0 Å². The van der Waals surface area contributed by atoms with Crippen molar-refractivity contribution < 1.29 is 13.3 Å². The molecule has 0 radical (unpaired) electrons. The molecule has 0 bridgehead atoms.